The summed E-state index contributed by atoms with van der Waals surface area (Å²) in [4.78, 5) is 0. The Labute approximate surface area is 228 Å². The number of unbranched alkanes of at least 4 members (excludes halogenated alkanes) is 2. The first-order chi connectivity index (χ1) is 18.8. The highest BCUT2D eigenvalue weighted by atomic mass is 14.6. The lowest BCUT2D eigenvalue weighted by Gasteiger charge is -2.39. The Morgan fingerprint density at radius 2 is 1.13 bits per heavy atom. The van der Waals surface area contributed by atoms with E-state index in [0.717, 1.165) is 6.42 Å². The average molecular weight is 495 g/mol. The molecule has 2 aliphatic carbocycles. The summed E-state index contributed by atoms with van der Waals surface area (Å²) in [5, 5.41) is 0. The Hall–Kier alpha value is -3.64. The van der Waals surface area contributed by atoms with E-state index >= 15 is 0 Å². The van der Waals surface area contributed by atoms with E-state index in [0.29, 0.717) is 5.92 Å². The molecule has 0 heteroatoms. The standard InChI is InChI=1S/C38H38/c1-3-5-26-33-34(28-18-10-7-11-19-28)35(29-20-12-8-13-21-29)37-32-25-17-16-24-31(32)36(30-22-14-9-15-23-30)38(33,37)27-6-4-2/h7-25,36H,3-6,26-27H2,1-2H3/t36-,38-/m1/s1. The molecule has 0 bridgehead atoms. The molecule has 0 aliphatic heterocycles. The van der Waals surface area contributed by atoms with Crippen LogP contribution in [0.15, 0.2) is 121 Å². The van der Waals surface area contributed by atoms with E-state index in [2.05, 4.69) is 129 Å². The van der Waals surface area contributed by atoms with E-state index in [-0.39, 0.29) is 5.41 Å². The van der Waals surface area contributed by atoms with Crippen molar-refractivity contribution >= 4 is 16.7 Å². The van der Waals surface area contributed by atoms with Gasteiger partial charge in [-0.05, 0) is 63.8 Å². The summed E-state index contributed by atoms with van der Waals surface area (Å²) in [6.07, 6.45) is 7.16. The minimum absolute atomic E-state index is 0.0351. The van der Waals surface area contributed by atoms with E-state index < -0.39 is 0 Å². The molecule has 38 heavy (non-hydrogen) atoms. The topological polar surface area (TPSA) is 0 Å². The van der Waals surface area contributed by atoms with Crippen molar-refractivity contribution in [1.29, 1.82) is 0 Å². The fourth-order valence-corrected chi connectivity index (χ4v) is 7.31. The van der Waals surface area contributed by atoms with Gasteiger partial charge in [0.25, 0.3) is 0 Å². The van der Waals surface area contributed by atoms with Crippen LogP contribution in [-0.2, 0) is 0 Å². The van der Waals surface area contributed by atoms with Gasteiger partial charge in [-0.1, -0.05) is 154 Å². The van der Waals surface area contributed by atoms with E-state index in [9.17, 15) is 0 Å². The summed E-state index contributed by atoms with van der Waals surface area (Å²) < 4.78 is 0. The second kappa shape index (κ2) is 10.6. The highest BCUT2D eigenvalue weighted by molar-refractivity contribution is 6.23. The molecule has 0 radical (unpaired) electrons. The number of benzene rings is 4. The van der Waals surface area contributed by atoms with Gasteiger partial charge in [0.2, 0.25) is 0 Å². The van der Waals surface area contributed by atoms with Gasteiger partial charge >= 0.3 is 0 Å². The van der Waals surface area contributed by atoms with Crippen LogP contribution in [-0.4, -0.2) is 0 Å². The van der Waals surface area contributed by atoms with Crippen molar-refractivity contribution < 1.29 is 0 Å². The maximum atomic E-state index is 2.41. The lowest BCUT2D eigenvalue weighted by Crippen LogP contribution is -2.28. The molecule has 0 aromatic heterocycles. The van der Waals surface area contributed by atoms with Crippen LogP contribution < -0.4 is 0 Å². The molecular weight excluding hydrogens is 456 g/mol. The molecule has 0 spiro atoms. The Morgan fingerprint density at radius 1 is 0.579 bits per heavy atom. The van der Waals surface area contributed by atoms with Gasteiger partial charge in [-0.25, -0.2) is 0 Å². The molecule has 6 rings (SSSR count). The van der Waals surface area contributed by atoms with Gasteiger partial charge in [0.15, 0.2) is 0 Å². The van der Waals surface area contributed by atoms with Crippen LogP contribution in [0, 0.1) is 5.41 Å². The number of hydrogen-bond acceptors (Lipinski definition) is 0. The van der Waals surface area contributed by atoms with Crippen molar-refractivity contribution in [3.05, 3.63) is 149 Å². The molecular formula is C38H38. The average Bonchev–Trinajstić information content (AvgIpc) is 3.43. The first-order valence-electron chi connectivity index (χ1n) is 14.5. The molecule has 2 atom stereocenters. The molecule has 0 fully saturated rings. The van der Waals surface area contributed by atoms with Crippen molar-refractivity contribution in [2.75, 3.05) is 0 Å². The summed E-state index contributed by atoms with van der Waals surface area (Å²) in [6.45, 7) is 4.68. The third kappa shape index (κ3) is 3.90. The van der Waals surface area contributed by atoms with Gasteiger partial charge in [-0.15, -0.1) is 0 Å². The minimum Gasteiger partial charge on any atom is -0.0654 e. The smallest absolute Gasteiger partial charge is 0.0292 e. The third-order valence-electron chi connectivity index (χ3n) is 8.78. The van der Waals surface area contributed by atoms with Crippen LogP contribution in [0.3, 0.4) is 0 Å². The van der Waals surface area contributed by atoms with Crippen LogP contribution in [0.1, 0.15) is 86.1 Å². The van der Waals surface area contributed by atoms with Gasteiger partial charge in [0, 0.05) is 11.3 Å². The van der Waals surface area contributed by atoms with Crippen LogP contribution in [0.5, 0.6) is 0 Å². The molecule has 0 unspecified atom stereocenters. The molecule has 0 saturated heterocycles. The second-order valence-corrected chi connectivity index (χ2v) is 10.9. The predicted molar refractivity (Wildman–Crippen MR) is 163 cm³/mol. The zero-order valence-corrected chi connectivity index (χ0v) is 22.8. The number of fused-ring (bicyclic) bond motifs is 3. The van der Waals surface area contributed by atoms with Crippen LogP contribution in [0.2, 0.25) is 0 Å². The molecule has 4 aromatic rings. The number of hydrogen-bond donors (Lipinski definition) is 0. The van der Waals surface area contributed by atoms with Crippen molar-refractivity contribution in [1.82, 2.24) is 0 Å². The summed E-state index contributed by atoms with van der Waals surface area (Å²) in [7, 11) is 0. The fraction of sp³-hybridized carbons (Fsp3) is 0.263. The van der Waals surface area contributed by atoms with Gasteiger partial charge in [-0.2, -0.15) is 0 Å². The van der Waals surface area contributed by atoms with Gasteiger partial charge in [0.1, 0.15) is 0 Å². The van der Waals surface area contributed by atoms with E-state index in [1.165, 1.54) is 71.1 Å². The molecule has 0 nitrogen and oxygen atoms in total. The first-order valence-corrected chi connectivity index (χ1v) is 14.5. The molecule has 2 aliphatic rings. The van der Waals surface area contributed by atoms with E-state index in [1.807, 2.05) is 0 Å². The second-order valence-electron chi connectivity index (χ2n) is 10.9. The Balaban J connectivity index is 1.77. The van der Waals surface area contributed by atoms with Crippen LogP contribution in [0.4, 0.5) is 0 Å². The molecule has 4 aromatic carbocycles. The largest absolute Gasteiger partial charge is 0.0654 e. The minimum atomic E-state index is -0.0351. The lowest BCUT2D eigenvalue weighted by atomic mass is 9.63. The van der Waals surface area contributed by atoms with Gasteiger partial charge in [0.05, 0.1) is 0 Å². The fourth-order valence-electron chi connectivity index (χ4n) is 7.31. The van der Waals surface area contributed by atoms with Crippen molar-refractivity contribution in [2.45, 2.75) is 58.3 Å². The summed E-state index contributed by atoms with van der Waals surface area (Å²) in [5.41, 5.74) is 13.3. The summed E-state index contributed by atoms with van der Waals surface area (Å²) in [5.74, 6) is 0.327. The molecule has 0 heterocycles. The normalized spacial score (nSPS) is 20.1. The maximum absolute atomic E-state index is 2.41. The van der Waals surface area contributed by atoms with Crippen LogP contribution >= 0.6 is 0 Å². The third-order valence-corrected chi connectivity index (χ3v) is 8.78. The molecule has 0 amide bonds. The van der Waals surface area contributed by atoms with Crippen molar-refractivity contribution in [3.63, 3.8) is 0 Å². The first kappa shape index (κ1) is 24.7. The van der Waals surface area contributed by atoms with Crippen molar-refractivity contribution in [2.24, 2.45) is 5.41 Å². The quantitative estimate of drug-likeness (QED) is 0.217. The Morgan fingerprint density at radius 3 is 1.76 bits per heavy atom. The predicted octanol–water partition coefficient (Wildman–Crippen LogP) is 10.6. The zero-order valence-electron chi connectivity index (χ0n) is 22.8. The van der Waals surface area contributed by atoms with E-state index in [4.69, 9.17) is 0 Å². The van der Waals surface area contributed by atoms with Gasteiger partial charge < -0.3 is 0 Å². The summed E-state index contributed by atoms with van der Waals surface area (Å²) >= 11 is 0. The lowest BCUT2D eigenvalue weighted by molar-refractivity contribution is 0.381. The van der Waals surface area contributed by atoms with Crippen molar-refractivity contribution in [3.8, 4) is 0 Å². The number of rotatable bonds is 9. The molecule has 0 N–H and O–H groups in total. The number of allylic oxidation sites excluding steroid dienone is 4. The van der Waals surface area contributed by atoms with Crippen LogP contribution in [0.25, 0.3) is 16.7 Å². The monoisotopic (exact) mass is 494 g/mol. The Kier molecular flexibility index (Phi) is 6.90. The molecule has 190 valence electrons. The Bertz CT molecular complexity index is 1460. The zero-order chi connectivity index (χ0) is 26.0. The molecule has 0 saturated carbocycles. The van der Waals surface area contributed by atoms with Gasteiger partial charge in [-0.3, -0.25) is 0 Å². The highest BCUT2D eigenvalue weighted by Crippen LogP contribution is 2.71. The SMILES string of the molecule is CCCCC1=C(c2ccccc2)C(c2ccccc2)=C2c3ccccc3[C@@H](c3ccccc3)[C@@]12CCCC. The highest BCUT2D eigenvalue weighted by Gasteiger charge is 2.57. The maximum Gasteiger partial charge on any atom is 0.0292 e. The van der Waals surface area contributed by atoms with E-state index in [1.54, 1.807) is 11.1 Å². The summed E-state index contributed by atoms with van der Waals surface area (Å²) in [6, 6.07) is 43.1.